The van der Waals surface area contributed by atoms with Crippen molar-refractivity contribution in [1.82, 2.24) is 40.4 Å². The highest BCUT2D eigenvalue weighted by Crippen LogP contribution is 2.58. The van der Waals surface area contributed by atoms with Gasteiger partial charge < -0.3 is 39.9 Å². The average molecular weight is 797 g/mol. The number of rotatable bonds is 12. The number of imidazole rings is 2. The predicted octanol–water partition coefficient (Wildman–Crippen LogP) is 6.84. The number of ether oxygens (including phenoxy) is 2. The number of alkyl carbamates (subject to hydrolysis) is 1. The van der Waals surface area contributed by atoms with E-state index >= 15 is 0 Å². The van der Waals surface area contributed by atoms with Gasteiger partial charge in [0.15, 0.2) is 0 Å². The molecular weight excluding hydrogens is 733 g/mol. The number of benzene rings is 1. The number of carbonyl (C=O) groups is 3. The van der Waals surface area contributed by atoms with Crippen molar-refractivity contribution >= 4 is 17.9 Å². The van der Waals surface area contributed by atoms with Crippen molar-refractivity contribution in [2.45, 2.75) is 146 Å². The molecular formula is C45H64N8O5. The molecule has 0 spiro atoms. The van der Waals surface area contributed by atoms with Crippen LogP contribution in [-0.2, 0) is 29.9 Å². The maximum atomic E-state index is 14.0. The quantitative estimate of drug-likeness (QED) is 0.155. The molecule has 4 N–H and O–H groups in total. The molecule has 3 amide bonds. The number of H-pyrrole nitrogens is 2. The second-order valence-corrected chi connectivity index (χ2v) is 18.5. The summed E-state index contributed by atoms with van der Waals surface area (Å²) < 4.78 is 10.4. The third-order valence-corrected chi connectivity index (χ3v) is 14.5. The van der Waals surface area contributed by atoms with E-state index < -0.39 is 12.1 Å². The van der Waals surface area contributed by atoms with Crippen LogP contribution in [0.1, 0.15) is 140 Å². The number of fused-ring (bicyclic) bond motifs is 3. The molecule has 1 aromatic carbocycles. The summed E-state index contributed by atoms with van der Waals surface area (Å²) in [7, 11) is 1.32. The number of aromatic nitrogens is 4. The van der Waals surface area contributed by atoms with Crippen molar-refractivity contribution in [3.63, 3.8) is 0 Å². The van der Waals surface area contributed by atoms with Crippen LogP contribution in [0.15, 0.2) is 36.7 Å². The number of hydrogen-bond donors (Lipinski definition) is 4. The first-order valence-electron chi connectivity index (χ1n) is 22.0. The number of hydrogen-bond acceptors (Lipinski definition) is 8. The van der Waals surface area contributed by atoms with Crippen LogP contribution >= 0.6 is 0 Å². The lowest BCUT2D eigenvalue weighted by Gasteiger charge is -2.53. The molecule has 3 saturated carbocycles. The van der Waals surface area contributed by atoms with Crippen LogP contribution in [0.25, 0.3) is 11.3 Å². The molecule has 4 atom stereocenters. The number of likely N-dealkylation sites (tertiary alicyclic amines) is 2. The molecule has 3 aromatic rings. The van der Waals surface area contributed by atoms with Gasteiger partial charge in [-0.05, 0) is 105 Å². The first kappa shape index (κ1) is 40.5. The fourth-order valence-electron chi connectivity index (χ4n) is 10.8. The third kappa shape index (κ3) is 7.80. The van der Waals surface area contributed by atoms with Crippen molar-refractivity contribution in [2.24, 2.45) is 11.8 Å². The van der Waals surface area contributed by atoms with E-state index in [1.54, 1.807) is 0 Å². The van der Waals surface area contributed by atoms with Crippen LogP contribution in [0.5, 0.6) is 0 Å². The number of methoxy groups -OCH3 is 1. The zero-order valence-corrected chi connectivity index (χ0v) is 35.1. The Balaban J connectivity index is 0.901. The zero-order chi connectivity index (χ0) is 40.6. The Hall–Kier alpha value is -4.23. The minimum absolute atomic E-state index is 0.0417. The van der Waals surface area contributed by atoms with Crippen molar-refractivity contribution < 1.29 is 23.9 Å². The second-order valence-electron chi connectivity index (χ2n) is 18.5. The summed E-state index contributed by atoms with van der Waals surface area (Å²) in [6.07, 6.45) is 15.6. The lowest BCUT2D eigenvalue weighted by molar-refractivity contribution is -0.136. The van der Waals surface area contributed by atoms with Gasteiger partial charge in [0.2, 0.25) is 11.8 Å². The van der Waals surface area contributed by atoms with E-state index in [-0.39, 0.29) is 52.6 Å². The fourth-order valence-corrected chi connectivity index (χ4v) is 10.8. The van der Waals surface area contributed by atoms with Gasteiger partial charge in [-0.3, -0.25) is 9.59 Å². The number of nitrogens with one attached hydrogen (secondary N) is 4. The van der Waals surface area contributed by atoms with E-state index in [0.29, 0.717) is 12.6 Å². The van der Waals surface area contributed by atoms with Crippen LogP contribution in [0.2, 0.25) is 0 Å². The van der Waals surface area contributed by atoms with Crippen LogP contribution < -0.4 is 10.6 Å². The van der Waals surface area contributed by atoms with E-state index in [2.05, 4.69) is 63.6 Å². The van der Waals surface area contributed by atoms with Crippen LogP contribution in [-0.4, -0.2) is 99.2 Å². The molecule has 3 aliphatic heterocycles. The maximum absolute atomic E-state index is 14.0. The monoisotopic (exact) mass is 796 g/mol. The van der Waals surface area contributed by atoms with Gasteiger partial charge in [-0.2, -0.15) is 0 Å². The summed E-state index contributed by atoms with van der Waals surface area (Å²) in [4.78, 5) is 60.8. The standard InChI is InChI=1S/C45H64N8O5/c1-28(2)37(48-32-14-24-58-25-15-32)41(54)52-22-6-8-34(52)39-46-26-33(49-39)30-10-12-31(13-11-30)44-16-19-45(20-17-44,21-18-44)36-27-47-40(50-36)35-9-7-23-53(35)42(55)38(29(3)4)51-43(56)57-5/h10-13,26-29,32,34-35,37-38,48H,6-9,14-25H2,1-5H3,(H,46,49)(H,47,50)(H,51,56)/t34-,35-,37+,38-,44?,45?/m0/s1. The van der Waals surface area contributed by atoms with Crippen molar-refractivity contribution in [3.05, 3.63) is 59.6 Å². The molecule has 3 saturated heterocycles. The Morgan fingerprint density at radius 1 is 0.759 bits per heavy atom. The molecule has 9 rings (SSSR count). The number of carbonyl (C=O) groups excluding carboxylic acids is 3. The van der Waals surface area contributed by atoms with Gasteiger partial charge in [-0.25, -0.2) is 14.8 Å². The second kappa shape index (κ2) is 16.8. The highest BCUT2D eigenvalue weighted by Gasteiger charge is 2.51. The van der Waals surface area contributed by atoms with Crippen LogP contribution in [0.4, 0.5) is 4.79 Å². The molecule has 13 nitrogen and oxygen atoms in total. The Morgan fingerprint density at radius 2 is 1.31 bits per heavy atom. The Labute approximate surface area is 343 Å². The molecule has 0 unspecified atom stereocenters. The zero-order valence-electron chi connectivity index (χ0n) is 35.1. The minimum Gasteiger partial charge on any atom is -0.453 e. The molecule has 6 aliphatic rings. The molecule has 314 valence electrons. The van der Waals surface area contributed by atoms with Gasteiger partial charge in [0.25, 0.3) is 0 Å². The van der Waals surface area contributed by atoms with Crippen LogP contribution in [0, 0.1) is 11.8 Å². The number of nitrogens with zero attached hydrogens (tertiary/aromatic N) is 4. The van der Waals surface area contributed by atoms with E-state index in [0.717, 1.165) is 120 Å². The van der Waals surface area contributed by atoms with E-state index in [4.69, 9.17) is 19.4 Å². The molecule has 3 aliphatic carbocycles. The lowest BCUT2D eigenvalue weighted by atomic mass is 9.51. The van der Waals surface area contributed by atoms with Gasteiger partial charge in [0, 0.05) is 49.7 Å². The van der Waals surface area contributed by atoms with E-state index in [9.17, 15) is 14.4 Å². The summed E-state index contributed by atoms with van der Waals surface area (Å²) in [5.74, 6) is 1.95. The first-order valence-corrected chi connectivity index (χ1v) is 22.0. The molecule has 5 heterocycles. The number of amides is 3. The summed E-state index contributed by atoms with van der Waals surface area (Å²) >= 11 is 0. The maximum Gasteiger partial charge on any atom is 0.407 e. The summed E-state index contributed by atoms with van der Waals surface area (Å²) in [5.41, 5.74) is 4.96. The molecule has 13 heteroatoms. The fraction of sp³-hybridized carbons (Fsp3) is 0.667. The van der Waals surface area contributed by atoms with Crippen molar-refractivity contribution in [3.8, 4) is 11.3 Å². The van der Waals surface area contributed by atoms with Gasteiger partial charge in [0.1, 0.15) is 17.7 Å². The molecule has 6 fully saturated rings. The topological polar surface area (TPSA) is 158 Å². The van der Waals surface area contributed by atoms with Gasteiger partial charge >= 0.3 is 6.09 Å². The summed E-state index contributed by atoms with van der Waals surface area (Å²) in [6.45, 7) is 11.1. The van der Waals surface area contributed by atoms with Crippen molar-refractivity contribution in [2.75, 3.05) is 33.4 Å². The Morgan fingerprint density at radius 3 is 1.90 bits per heavy atom. The highest BCUT2D eigenvalue weighted by atomic mass is 16.5. The normalized spacial score (nSPS) is 27.4. The van der Waals surface area contributed by atoms with Gasteiger partial charge in [-0.1, -0.05) is 52.0 Å². The average Bonchev–Trinajstić information content (AvgIpc) is 4.09. The predicted molar refractivity (Wildman–Crippen MR) is 221 cm³/mol. The largest absolute Gasteiger partial charge is 0.453 e. The Kier molecular flexibility index (Phi) is 11.7. The van der Waals surface area contributed by atoms with E-state index in [1.165, 1.54) is 18.4 Å². The molecule has 2 bridgehead atoms. The third-order valence-electron chi connectivity index (χ3n) is 14.5. The summed E-state index contributed by atoms with van der Waals surface area (Å²) in [5, 5.41) is 6.43. The SMILES string of the molecule is COC(=O)N[C@H](C(=O)N1CCC[C@H]1c1ncc(C23CCC(c4ccc(-c5cnc([C@@H]6CCCN6C(=O)[C@H](NC6CCOCC6)C(C)C)[nH]5)cc4)(CC2)CC3)[nH]1)C(C)C. The van der Waals surface area contributed by atoms with Gasteiger partial charge in [0.05, 0.1) is 37.1 Å². The van der Waals surface area contributed by atoms with E-state index in [1.807, 2.05) is 31.1 Å². The summed E-state index contributed by atoms with van der Waals surface area (Å²) in [6, 6.07) is 8.41. The molecule has 58 heavy (non-hydrogen) atoms. The van der Waals surface area contributed by atoms with Gasteiger partial charge in [-0.15, -0.1) is 0 Å². The highest BCUT2D eigenvalue weighted by molar-refractivity contribution is 5.86. The van der Waals surface area contributed by atoms with Crippen LogP contribution in [0.3, 0.4) is 0 Å². The molecule has 0 radical (unpaired) electrons. The number of aromatic amines is 2. The minimum atomic E-state index is -0.648. The Bertz CT molecular complexity index is 1890. The van der Waals surface area contributed by atoms with Crippen molar-refractivity contribution in [1.29, 1.82) is 0 Å². The smallest absolute Gasteiger partial charge is 0.407 e. The lowest BCUT2D eigenvalue weighted by Crippen LogP contribution is -2.53. The molecule has 2 aromatic heterocycles. The first-order chi connectivity index (χ1) is 28.0.